The van der Waals surface area contributed by atoms with E-state index in [9.17, 15) is 14.8 Å². The van der Waals surface area contributed by atoms with Crippen LogP contribution in [-0.2, 0) is 17.9 Å². The molecule has 2 aromatic rings. The summed E-state index contributed by atoms with van der Waals surface area (Å²) < 4.78 is 2.22. The fourth-order valence-electron chi connectivity index (χ4n) is 5.17. The molecule has 0 aliphatic heterocycles. The van der Waals surface area contributed by atoms with E-state index in [-0.39, 0.29) is 24.6 Å². The highest BCUT2D eigenvalue weighted by molar-refractivity contribution is 9.10. The average molecular weight is 490 g/mol. The van der Waals surface area contributed by atoms with E-state index in [2.05, 4.69) is 52.4 Å². The van der Waals surface area contributed by atoms with E-state index in [1.54, 1.807) is 18.3 Å². The molecule has 2 bridgehead atoms. The van der Waals surface area contributed by atoms with Gasteiger partial charge in [0.25, 0.3) is 5.56 Å². The van der Waals surface area contributed by atoms with Crippen molar-refractivity contribution in [2.45, 2.75) is 52.7 Å². The molecule has 4 atom stereocenters. The van der Waals surface area contributed by atoms with E-state index in [0.29, 0.717) is 44.1 Å². The fourth-order valence-corrected chi connectivity index (χ4v) is 5.59. The van der Waals surface area contributed by atoms with Crippen LogP contribution in [0.3, 0.4) is 0 Å². The van der Waals surface area contributed by atoms with Crippen LogP contribution in [-0.4, -0.2) is 21.7 Å². The number of carbonyl (C=O) groups is 1. The first kappa shape index (κ1) is 21.8. The Morgan fingerprint density at radius 1 is 1.35 bits per heavy atom. The number of nitrogens with zero attached hydrogens (tertiary/aromatic N) is 3. The molecular weight excluding hydrogens is 462 g/mol. The van der Waals surface area contributed by atoms with Gasteiger partial charge in [-0.25, -0.2) is 4.68 Å². The van der Waals surface area contributed by atoms with Crippen molar-refractivity contribution in [1.29, 1.82) is 0 Å². The van der Waals surface area contributed by atoms with E-state index in [1.807, 2.05) is 0 Å². The summed E-state index contributed by atoms with van der Waals surface area (Å²) in [4.78, 5) is 25.0. The minimum absolute atomic E-state index is 0.176. The second-order valence-electron chi connectivity index (χ2n) is 9.38. The number of hydrogen-bond acceptors (Lipinski definition) is 5. The monoisotopic (exact) mass is 489 g/mol. The Hall–Kier alpha value is -2.42. The summed E-state index contributed by atoms with van der Waals surface area (Å²) >= 11 is 3.40. The molecule has 1 amide bonds. The molecule has 2 heterocycles. The maximum atomic E-state index is 12.7. The van der Waals surface area contributed by atoms with Crippen LogP contribution in [0.1, 0.15) is 39.2 Å². The fraction of sp³-hybridized carbons (Fsp3) is 0.545. The van der Waals surface area contributed by atoms with Crippen molar-refractivity contribution in [3.8, 4) is 0 Å². The molecule has 3 aliphatic rings. The van der Waals surface area contributed by atoms with Crippen molar-refractivity contribution in [2.24, 2.45) is 23.2 Å². The van der Waals surface area contributed by atoms with Gasteiger partial charge in [-0.15, -0.1) is 0 Å². The predicted molar refractivity (Wildman–Crippen MR) is 120 cm³/mol. The van der Waals surface area contributed by atoms with Gasteiger partial charge < -0.3 is 15.8 Å². The first-order valence-electron chi connectivity index (χ1n) is 10.6. The number of amides is 1. The molecular formula is C22H28BrN5O3. The van der Waals surface area contributed by atoms with Crippen molar-refractivity contribution in [1.82, 2.24) is 15.1 Å². The molecule has 0 aromatic carbocycles. The van der Waals surface area contributed by atoms with Crippen LogP contribution in [0.25, 0.3) is 0 Å². The second-order valence-corrected chi connectivity index (χ2v) is 10.2. The first-order valence-corrected chi connectivity index (χ1v) is 11.4. The maximum absolute atomic E-state index is 12.7. The Bertz CT molecular complexity index is 1040. The number of rotatable bonds is 6. The van der Waals surface area contributed by atoms with Gasteiger partial charge in [0.05, 0.1) is 11.9 Å². The summed E-state index contributed by atoms with van der Waals surface area (Å²) in [5, 5.41) is 21.5. The van der Waals surface area contributed by atoms with Crippen LogP contribution in [0.2, 0.25) is 0 Å². The van der Waals surface area contributed by atoms with Gasteiger partial charge in [-0.2, -0.15) is 9.83 Å². The third-order valence-electron chi connectivity index (χ3n) is 7.33. The number of carbonyl (C=O) groups excluding carboxylic acids is 1. The molecule has 8 nitrogen and oxygen atoms in total. The zero-order chi connectivity index (χ0) is 22.3. The molecule has 0 saturated heterocycles. The van der Waals surface area contributed by atoms with E-state index < -0.39 is 0 Å². The summed E-state index contributed by atoms with van der Waals surface area (Å²) in [6.07, 6.45) is 6.74. The lowest BCUT2D eigenvalue weighted by Crippen LogP contribution is -2.58. The summed E-state index contributed by atoms with van der Waals surface area (Å²) in [6, 6.07) is 3.57. The Morgan fingerprint density at radius 3 is 2.71 bits per heavy atom. The van der Waals surface area contributed by atoms with Crippen molar-refractivity contribution in [3.63, 3.8) is 0 Å². The van der Waals surface area contributed by atoms with Crippen LogP contribution in [0.4, 0.5) is 5.69 Å². The molecule has 166 valence electrons. The zero-order valence-electron chi connectivity index (χ0n) is 18.0. The van der Waals surface area contributed by atoms with Gasteiger partial charge in [0.2, 0.25) is 5.91 Å². The van der Waals surface area contributed by atoms with Gasteiger partial charge in [0, 0.05) is 24.7 Å². The molecule has 3 fully saturated rings. The number of halogens is 1. The molecule has 0 unspecified atom stereocenters. The summed E-state index contributed by atoms with van der Waals surface area (Å²) in [6.45, 7) is 7.10. The van der Waals surface area contributed by atoms with Crippen LogP contribution >= 0.6 is 15.9 Å². The van der Waals surface area contributed by atoms with E-state index in [4.69, 9.17) is 0 Å². The molecule has 9 heteroatoms. The minimum Gasteiger partial charge on any atom is -0.619 e. The van der Waals surface area contributed by atoms with Crippen molar-refractivity contribution in [2.75, 3.05) is 5.32 Å². The summed E-state index contributed by atoms with van der Waals surface area (Å²) in [5.41, 5.74) is 1.53. The summed E-state index contributed by atoms with van der Waals surface area (Å²) in [7, 11) is 0. The topological polar surface area (TPSA) is 103 Å². The van der Waals surface area contributed by atoms with Crippen LogP contribution in [0.15, 0.2) is 40.0 Å². The van der Waals surface area contributed by atoms with E-state index in [0.717, 1.165) is 16.7 Å². The second kappa shape index (κ2) is 8.26. The van der Waals surface area contributed by atoms with Crippen LogP contribution < -0.4 is 20.9 Å². The van der Waals surface area contributed by atoms with Crippen LogP contribution in [0.5, 0.6) is 0 Å². The molecule has 2 aromatic heterocycles. The smallest absolute Gasteiger partial charge is 0.283 e. The van der Waals surface area contributed by atoms with Gasteiger partial charge in [-0.3, -0.25) is 9.59 Å². The van der Waals surface area contributed by atoms with Gasteiger partial charge in [-0.1, -0.05) is 20.8 Å². The third kappa shape index (κ3) is 4.20. The summed E-state index contributed by atoms with van der Waals surface area (Å²) in [5.74, 6) is 1.60. The average Bonchev–Trinajstić information content (AvgIpc) is 2.74. The number of hydrogen-bond donors (Lipinski definition) is 2. The Labute approximate surface area is 189 Å². The normalized spacial score (nSPS) is 26.1. The van der Waals surface area contributed by atoms with E-state index >= 15 is 0 Å². The van der Waals surface area contributed by atoms with Crippen molar-refractivity contribution >= 4 is 27.5 Å². The highest BCUT2D eigenvalue weighted by atomic mass is 79.9. The number of pyridine rings is 1. The van der Waals surface area contributed by atoms with Crippen molar-refractivity contribution in [3.05, 3.63) is 56.3 Å². The van der Waals surface area contributed by atoms with Gasteiger partial charge >= 0.3 is 0 Å². The van der Waals surface area contributed by atoms with Gasteiger partial charge in [0.1, 0.15) is 11.0 Å². The standard InChI is InChI=1S/C22H28BrN5O3/c1-13-16-8-15(22(16,2)3)9-17(13)26-18-11-25-28(21(30)20(18)23)12-19(29)24-10-14-4-6-27(31)7-5-14/h4-7,11,13,15-17,26H,8-10,12H2,1-3H3,(H,24,29)/t13-,15+,16-,17-/m1/s1. The molecule has 31 heavy (non-hydrogen) atoms. The molecule has 2 N–H and O–H groups in total. The Morgan fingerprint density at radius 2 is 2.06 bits per heavy atom. The first-order chi connectivity index (χ1) is 14.7. The number of aromatic nitrogens is 3. The SMILES string of the molecule is C[C@@H]1[C@H]2C[C@@H](C[C@H]1Nc1cnn(CC(=O)NCc3cc[n+]([O-])cc3)c(=O)c1Br)C2(C)C. The van der Waals surface area contributed by atoms with Crippen molar-refractivity contribution < 1.29 is 9.52 Å². The zero-order valence-corrected chi connectivity index (χ0v) is 19.6. The molecule has 5 rings (SSSR count). The van der Waals surface area contributed by atoms with Crippen LogP contribution in [0, 0.1) is 28.4 Å². The maximum Gasteiger partial charge on any atom is 0.283 e. The lowest BCUT2D eigenvalue weighted by atomic mass is 9.45. The Balaban J connectivity index is 1.38. The number of nitrogens with one attached hydrogen (secondary N) is 2. The lowest BCUT2D eigenvalue weighted by molar-refractivity contribution is -0.605. The van der Waals surface area contributed by atoms with E-state index in [1.165, 1.54) is 18.8 Å². The predicted octanol–water partition coefficient (Wildman–Crippen LogP) is 2.44. The number of fused-ring (bicyclic) bond motifs is 2. The minimum atomic E-state index is -0.346. The highest BCUT2D eigenvalue weighted by Crippen LogP contribution is 2.61. The lowest BCUT2D eigenvalue weighted by Gasteiger charge is -2.62. The molecule has 3 aliphatic carbocycles. The molecule has 3 saturated carbocycles. The Kier molecular flexibility index (Phi) is 5.81. The number of anilines is 1. The van der Waals surface area contributed by atoms with Gasteiger partial charge in [0.15, 0.2) is 12.4 Å². The molecule has 0 radical (unpaired) electrons. The third-order valence-corrected chi connectivity index (χ3v) is 8.10. The molecule has 0 spiro atoms. The largest absolute Gasteiger partial charge is 0.619 e. The highest BCUT2D eigenvalue weighted by Gasteiger charge is 2.56. The van der Waals surface area contributed by atoms with Gasteiger partial charge in [-0.05, 0) is 57.5 Å². The quantitative estimate of drug-likeness (QED) is 0.479.